The van der Waals surface area contributed by atoms with Crippen molar-refractivity contribution in [2.45, 2.75) is 5.92 Å². The molecule has 0 aliphatic heterocycles. The fraction of sp³-hybridized carbons (Fsp3) is 0.0526. The Labute approximate surface area is 117 Å². The molecule has 0 saturated heterocycles. The highest BCUT2D eigenvalue weighted by Gasteiger charge is 2.31. The topological polar surface area (TPSA) is 0 Å². The molecule has 4 rings (SSSR count). The van der Waals surface area contributed by atoms with Crippen molar-refractivity contribution >= 4 is 0 Å². The second-order valence-corrected chi connectivity index (χ2v) is 5.13. The van der Waals surface area contributed by atoms with Crippen LogP contribution in [0.4, 0.5) is 4.39 Å². The molecule has 0 bridgehead atoms. The van der Waals surface area contributed by atoms with Gasteiger partial charge in [-0.05, 0) is 28.3 Å². The second kappa shape index (κ2) is 4.31. The summed E-state index contributed by atoms with van der Waals surface area (Å²) in [6.07, 6.45) is 0. The number of hydrogen-bond acceptors (Lipinski definition) is 0. The van der Waals surface area contributed by atoms with Crippen LogP contribution in [0.3, 0.4) is 0 Å². The molecule has 0 spiro atoms. The van der Waals surface area contributed by atoms with E-state index in [0.29, 0.717) is 0 Å². The largest absolute Gasteiger partial charge is 0.207 e. The van der Waals surface area contributed by atoms with Crippen LogP contribution in [0.5, 0.6) is 0 Å². The number of hydrogen-bond donors (Lipinski definition) is 0. The lowest BCUT2D eigenvalue weighted by atomic mass is 9.89. The lowest BCUT2D eigenvalue weighted by molar-refractivity contribution is 0.610. The van der Waals surface area contributed by atoms with Gasteiger partial charge in [0.05, 0.1) is 0 Å². The first kappa shape index (κ1) is 11.4. The van der Waals surface area contributed by atoms with Gasteiger partial charge >= 0.3 is 0 Å². The van der Waals surface area contributed by atoms with Gasteiger partial charge in [-0.2, -0.15) is 0 Å². The van der Waals surface area contributed by atoms with E-state index in [9.17, 15) is 4.39 Å². The Hall–Kier alpha value is -2.41. The van der Waals surface area contributed by atoms with Crippen LogP contribution in [0.1, 0.15) is 22.6 Å². The summed E-state index contributed by atoms with van der Waals surface area (Å²) < 4.78 is 14.4. The summed E-state index contributed by atoms with van der Waals surface area (Å²) in [6.45, 7) is 0. The fourth-order valence-corrected chi connectivity index (χ4v) is 3.21. The van der Waals surface area contributed by atoms with Gasteiger partial charge in [-0.3, -0.25) is 0 Å². The van der Waals surface area contributed by atoms with Crippen molar-refractivity contribution in [3.63, 3.8) is 0 Å². The van der Waals surface area contributed by atoms with Crippen LogP contribution in [0.15, 0.2) is 72.8 Å². The van der Waals surface area contributed by atoms with Gasteiger partial charge in [-0.25, -0.2) is 4.39 Å². The minimum absolute atomic E-state index is 0.00333. The summed E-state index contributed by atoms with van der Waals surface area (Å²) in [5, 5.41) is 0. The van der Waals surface area contributed by atoms with E-state index < -0.39 is 0 Å². The van der Waals surface area contributed by atoms with E-state index in [4.69, 9.17) is 0 Å². The van der Waals surface area contributed by atoms with Gasteiger partial charge in [0.1, 0.15) is 5.82 Å². The third-order valence-corrected chi connectivity index (χ3v) is 4.04. The average Bonchev–Trinajstić information content (AvgIpc) is 2.84. The first-order valence-electron chi connectivity index (χ1n) is 6.79. The van der Waals surface area contributed by atoms with Gasteiger partial charge in [0.25, 0.3) is 0 Å². The zero-order valence-electron chi connectivity index (χ0n) is 10.9. The van der Waals surface area contributed by atoms with E-state index in [1.165, 1.54) is 5.56 Å². The Morgan fingerprint density at radius 1 is 0.650 bits per heavy atom. The third kappa shape index (κ3) is 1.53. The minimum Gasteiger partial charge on any atom is -0.207 e. The molecule has 1 aliphatic rings. The Morgan fingerprint density at radius 2 is 1.35 bits per heavy atom. The summed E-state index contributed by atoms with van der Waals surface area (Å²) in [7, 11) is 0. The van der Waals surface area contributed by atoms with Gasteiger partial charge < -0.3 is 0 Å². The molecule has 1 aliphatic carbocycles. The molecule has 3 aromatic carbocycles. The lowest BCUT2D eigenvalue weighted by Gasteiger charge is -2.14. The summed E-state index contributed by atoms with van der Waals surface area (Å²) in [4.78, 5) is 0. The van der Waals surface area contributed by atoms with Crippen LogP contribution in [-0.4, -0.2) is 0 Å². The monoisotopic (exact) mass is 260 g/mol. The molecular weight excluding hydrogens is 247 g/mol. The van der Waals surface area contributed by atoms with Crippen LogP contribution in [0.2, 0.25) is 0 Å². The number of rotatable bonds is 1. The van der Waals surface area contributed by atoms with Gasteiger partial charge in [0.15, 0.2) is 0 Å². The third-order valence-electron chi connectivity index (χ3n) is 4.04. The maximum atomic E-state index is 14.4. The molecule has 1 heteroatoms. The molecule has 1 unspecified atom stereocenters. The van der Waals surface area contributed by atoms with Crippen LogP contribution in [0, 0.1) is 5.82 Å². The van der Waals surface area contributed by atoms with E-state index >= 15 is 0 Å². The molecule has 1 atom stereocenters. The zero-order chi connectivity index (χ0) is 13.5. The van der Waals surface area contributed by atoms with Crippen LogP contribution < -0.4 is 0 Å². The summed E-state index contributed by atoms with van der Waals surface area (Å²) in [6, 6.07) is 23.7. The van der Waals surface area contributed by atoms with Crippen molar-refractivity contribution in [3.8, 4) is 11.1 Å². The van der Waals surface area contributed by atoms with Crippen LogP contribution >= 0.6 is 0 Å². The standard InChI is InChI=1S/C19H13F/c20-17-12-6-11-16-14-9-4-5-10-15(14)18(19(16)17)13-7-2-1-3-8-13/h1-12,18H. The molecule has 0 N–H and O–H groups in total. The van der Waals surface area contributed by atoms with Crippen molar-refractivity contribution in [1.82, 2.24) is 0 Å². The molecule has 3 aromatic rings. The summed E-state index contributed by atoms with van der Waals surface area (Å²) in [5.41, 5.74) is 5.31. The first-order chi connectivity index (χ1) is 9.86. The molecular formula is C19H13F. The molecule has 0 heterocycles. The predicted molar refractivity (Wildman–Crippen MR) is 79.2 cm³/mol. The Balaban J connectivity index is 2.05. The Bertz CT molecular complexity index is 775. The van der Waals surface area contributed by atoms with Crippen molar-refractivity contribution in [2.24, 2.45) is 0 Å². The molecule has 0 amide bonds. The SMILES string of the molecule is Fc1cccc2c1C(c1ccccc1)c1ccccc1-2. The van der Waals surface area contributed by atoms with E-state index in [2.05, 4.69) is 24.3 Å². The van der Waals surface area contributed by atoms with Crippen molar-refractivity contribution in [1.29, 1.82) is 0 Å². The van der Waals surface area contributed by atoms with Gasteiger partial charge in [-0.15, -0.1) is 0 Å². The highest BCUT2D eigenvalue weighted by molar-refractivity contribution is 5.80. The van der Waals surface area contributed by atoms with Crippen LogP contribution in [0.25, 0.3) is 11.1 Å². The first-order valence-corrected chi connectivity index (χ1v) is 6.79. The van der Waals surface area contributed by atoms with Crippen molar-refractivity contribution in [2.75, 3.05) is 0 Å². The molecule has 0 fully saturated rings. The predicted octanol–water partition coefficient (Wildman–Crippen LogP) is 4.99. The molecule has 0 aromatic heterocycles. The molecule has 96 valence electrons. The van der Waals surface area contributed by atoms with Gasteiger partial charge in [0, 0.05) is 11.5 Å². The van der Waals surface area contributed by atoms with E-state index in [-0.39, 0.29) is 11.7 Å². The maximum absolute atomic E-state index is 14.4. The molecule has 20 heavy (non-hydrogen) atoms. The zero-order valence-corrected chi connectivity index (χ0v) is 10.9. The quantitative estimate of drug-likeness (QED) is 0.452. The summed E-state index contributed by atoms with van der Waals surface area (Å²) in [5.74, 6) is -0.115. The van der Waals surface area contributed by atoms with E-state index in [1.54, 1.807) is 12.1 Å². The second-order valence-electron chi connectivity index (χ2n) is 5.13. The minimum atomic E-state index is -0.118. The Morgan fingerprint density at radius 3 is 2.20 bits per heavy atom. The Kier molecular flexibility index (Phi) is 2.46. The van der Waals surface area contributed by atoms with Crippen LogP contribution in [-0.2, 0) is 0 Å². The normalized spacial score (nSPS) is 15.8. The summed E-state index contributed by atoms with van der Waals surface area (Å²) >= 11 is 0. The number of fused-ring (bicyclic) bond motifs is 3. The smallest absolute Gasteiger partial charge is 0.127 e. The van der Waals surface area contributed by atoms with E-state index in [1.807, 2.05) is 36.4 Å². The highest BCUT2D eigenvalue weighted by atomic mass is 19.1. The molecule has 0 nitrogen and oxygen atoms in total. The van der Waals surface area contributed by atoms with Crippen molar-refractivity contribution in [3.05, 3.63) is 95.3 Å². The number of benzene rings is 3. The average molecular weight is 260 g/mol. The maximum Gasteiger partial charge on any atom is 0.127 e. The number of halogens is 1. The lowest BCUT2D eigenvalue weighted by Crippen LogP contribution is -2.01. The highest BCUT2D eigenvalue weighted by Crippen LogP contribution is 2.48. The van der Waals surface area contributed by atoms with Crippen molar-refractivity contribution < 1.29 is 4.39 Å². The van der Waals surface area contributed by atoms with E-state index in [0.717, 1.165) is 22.3 Å². The fourth-order valence-electron chi connectivity index (χ4n) is 3.21. The molecule has 0 saturated carbocycles. The van der Waals surface area contributed by atoms with Gasteiger partial charge in [0.2, 0.25) is 0 Å². The van der Waals surface area contributed by atoms with Gasteiger partial charge in [-0.1, -0.05) is 66.7 Å². The molecule has 0 radical (unpaired) electrons.